The Balaban J connectivity index is 2.03. The van der Waals surface area contributed by atoms with Crippen LogP contribution in [0.1, 0.15) is 25.7 Å². The van der Waals surface area contributed by atoms with Crippen molar-refractivity contribution in [2.45, 2.75) is 31.2 Å². The molecule has 3 N–H and O–H groups in total. The van der Waals surface area contributed by atoms with Crippen LogP contribution in [-0.2, 0) is 0 Å². The van der Waals surface area contributed by atoms with E-state index in [9.17, 15) is 0 Å². The molecule has 3 heteroatoms. The molecule has 0 heterocycles. The third-order valence-corrected chi connectivity index (χ3v) is 4.05. The molecule has 0 spiro atoms. The lowest BCUT2D eigenvalue weighted by Crippen LogP contribution is -2.47. The summed E-state index contributed by atoms with van der Waals surface area (Å²) < 4.78 is 0. The van der Waals surface area contributed by atoms with Crippen LogP contribution in [-0.4, -0.2) is 31.1 Å². The average molecular weight is 233 g/mol. The van der Waals surface area contributed by atoms with Crippen molar-refractivity contribution in [3.8, 4) is 0 Å². The largest absolute Gasteiger partial charge is 0.397 e. The maximum Gasteiger partial charge on any atom is 0.0574 e. The summed E-state index contributed by atoms with van der Waals surface area (Å²) in [4.78, 5) is 2.37. The van der Waals surface area contributed by atoms with Crippen molar-refractivity contribution in [1.82, 2.24) is 4.90 Å². The fourth-order valence-corrected chi connectivity index (χ4v) is 2.73. The first kappa shape index (κ1) is 12.2. The highest BCUT2D eigenvalue weighted by Gasteiger charge is 2.35. The zero-order chi connectivity index (χ0) is 12.3. The van der Waals surface area contributed by atoms with Gasteiger partial charge in [-0.15, -0.1) is 0 Å². The Labute approximate surface area is 104 Å². The predicted octanol–water partition coefficient (Wildman–Crippen LogP) is 2.56. The maximum atomic E-state index is 5.95. The Bertz CT molecular complexity index is 367. The number of nitrogens with two attached hydrogens (primary N) is 1. The number of nitrogen functional groups attached to an aromatic ring is 1. The van der Waals surface area contributed by atoms with Crippen LogP contribution in [0.4, 0.5) is 11.4 Å². The lowest BCUT2D eigenvalue weighted by molar-refractivity contribution is 0.172. The van der Waals surface area contributed by atoms with Crippen LogP contribution in [0.15, 0.2) is 24.3 Å². The molecule has 0 aromatic heterocycles. The molecule has 0 amide bonds. The zero-order valence-corrected chi connectivity index (χ0v) is 10.9. The second-order valence-electron chi connectivity index (χ2n) is 5.27. The van der Waals surface area contributed by atoms with Crippen LogP contribution < -0.4 is 11.1 Å². The summed E-state index contributed by atoms with van der Waals surface area (Å²) in [5, 5.41) is 3.51. The normalized spacial score (nSPS) is 18.5. The summed E-state index contributed by atoms with van der Waals surface area (Å²) >= 11 is 0. The van der Waals surface area contributed by atoms with E-state index in [2.05, 4.69) is 24.3 Å². The molecule has 0 bridgehead atoms. The van der Waals surface area contributed by atoms with Gasteiger partial charge in [0.15, 0.2) is 0 Å². The molecule has 0 aliphatic heterocycles. The molecule has 0 saturated heterocycles. The van der Waals surface area contributed by atoms with Crippen molar-refractivity contribution in [2.75, 3.05) is 31.7 Å². The predicted molar refractivity (Wildman–Crippen MR) is 74.2 cm³/mol. The molecule has 1 aliphatic carbocycles. The average Bonchev–Trinajstić information content (AvgIpc) is 2.78. The summed E-state index contributed by atoms with van der Waals surface area (Å²) in [6.45, 7) is 0.980. The minimum atomic E-state index is 0.308. The van der Waals surface area contributed by atoms with Crippen molar-refractivity contribution >= 4 is 11.4 Å². The maximum absolute atomic E-state index is 5.95. The number of nitrogens with one attached hydrogen (secondary N) is 1. The number of rotatable bonds is 4. The summed E-state index contributed by atoms with van der Waals surface area (Å²) in [5.41, 5.74) is 8.15. The number of nitrogens with zero attached hydrogens (tertiary/aromatic N) is 1. The molecule has 94 valence electrons. The van der Waals surface area contributed by atoms with Gasteiger partial charge in [0.2, 0.25) is 0 Å². The highest BCUT2D eigenvalue weighted by Crippen LogP contribution is 2.34. The first-order valence-electron chi connectivity index (χ1n) is 6.40. The molecule has 1 fully saturated rings. The van der Waals surface area contributed by atoms with Crippen LogP contribution in [0, 0.1) is 0 Å². The smallest absolute Gasteiger partial charge is 0.0574 e. The van der Waals surface area contributed by atoms with E-state index in [4.69, 9.17) is 5.73 Å². The first-order valence-corrected chi connectivity index (χ1v) is 6.40. The van der Waals surface area contributed by atoms with Crippen LogP contribution in [0.3, 0.4) is 0 Å². The number of hydrogen-bond donors (Lipinski definition) is 2. The zero-order valence-electron chi connectivity index (χ0n) is 10.9. The highest BCUT2D eigenvalue weighted by molar-refractivity contribution is 5.65. The number of anilines is 2. The SMILES string of the molecule is CN(C)C1(CNc2ccccc2N)CCCC1. The van der Waals surface area contributed by atoms with E-state index in [0.717, 1.165) is 17.9 Å². The minimum absolute atomic E-state index is 0.308. The van der Waals surface area contributed by atoms with Gasteiger partial charge in [0.05, 0.1) is 11.4 Å². The molecular formula is C14H23N3. The lowest BCUT2D eigenvalue weighted by atomic mass is 9.96. The highest BCUT2D eigenvalue weighted by atomic mass is 15.2. The molecule has 1 aromatic carbocycles. The van der Waals surface area contributed by atoms with Gasteiger partial charge in [-0.2, -0.15) is 0 Å². The van der Waals surface area contributed by atoms with Gasteiger partial charge in [-0.3, -0.25) is 0 Å². The topological polar surface area (TPSA) is 41.3 Å². The van der Waals surface area contributed by atoms with Gasteiger partial charge >= 0.3 is 0 Å². The van der Waals surface area contributed by atoms with Gasteiger partial charge in [-0.25, -0.2) is 0 Å². The Morgan fingerprint density at radius 3 is 2.47 bits per heavy atom. The van der Waals surface area contributed by atoms with E-state index in [1.54, 1.807) is 0 Å². The first-order chi connectivity index (χ1) is 8.14. The molecule has 2 rings (SSSR count). The quantitative estimate of drug-likeness (QED) is 0.785. The van der Waals surface area contributed by atoms with E-state index in [0.29, 0.717) is 5.54 Å². The van der Waals surface area contributed by atoms with Crippen molar-refractivity contribution in [3.63, 3.8) is 0 Å². The van der Waals surface area contributed by atoms with Crippen molar-refractivity contribution in [3.05, 3.63) is 24.3 Å². The van der Waals surface area contributed by atoms with Crippen LogP contribution >= 0.6 is 0 Å². The fraction of sp³-hybridized carbons (Fsp3) is 0.571. The van der Waals surface area contributed by atoms with E-state index >= 15 is 0 Å². The molecule has 3 nitrogen and oxygen atoms in total. The molecular weight excluding hydrogens is 210 g/mol. The standard InChI is InChI=1S/C14H23N3/c1-17(2)14(9-5-6-10-14)11-16-13-8-4-3-7-12(13)15/h3-4,7-8,16H,5-6,9-11,15H2,1-2H3. The summed E-state index contributed by atoms with van der Waals surface area (Å²) in [7, 11) is 4.36. The van der Waals surface area contributed by atoms with Gasteiger partial charge in [0.25, 0.3) is 0 Å². The van der Waals surface area contributed by atoms with Crippen molar-refractivity contribution in [1.29, 1.82) is 0 Å². The second-order valence-corrected chi connectivity index (χ2v) is 5.27. The number of hydrogen-bond acceptors (Lipinski definition) is 3. The molecule has 1 aliphatic rings. The summed E-state index contributed by atoms with van der Waals surface area (Å²) in [5.74, 6) is 0. The Morgan fingerprint density at radius 2 is 1.88 bits per heavy atom. The van der Waals surface area contributed by atoms with Crippen molar-refractivity contribution < 1.29 is 0 Å². The Morgan fingerprint density at radius 1 is 1.24 bits per heavy atom. The fourth-order valence-electron chi connectivity index (χ4n) is 2.73. The van der Waals surface area contributed by atoms with Crippen LogP contribution in [0.25, 0.3) is 0 Å². The Kier molecular flexibility index (Phi) is 3.57. The van der Waals surface area contributed by atoms with E-state index < -0.39 is 0 Å². The van der Waals surface area contributed by atoms with Gasteiger partial charge in [0.1, 0.15) is 0 Å². The van der Waals surface area contributed by atoms with Crippen LogP contribution in [0.5, 0.6) is 0 Å². The number of para-hydroxylation sites is 2. The van der Waals surface area contributed by atoms with E-state index in [-0.39, 0.29) is 0 Å². The van der Waals surface area contributed by atoms with Gasteiger partial charge in [-0.05, 0) is 39.1 Å². The summed E-state index contributed by atoms with van der Waals surface area (Å²) in [6.07, 6.45) is 5.23. The van der Waals surface area contributed by atoms with Gasteiger partial charge in [-0.1, -0.05) is 25.0 Å². The minimum Gasteiger partial charge on any atom is -0.397 e. The molecule has 0 unspecified atom stereocenters. The van der Waals surface area contributed by atoms with Gasteiger partial charge in [0, 0.05) is 12.1 Å². The van der Waals surface area contributed by atoms with E-state index in [1.165, 1.54) is 25.7 Å². The molecule has 0 radical (unpaired) electrons. The molecule has 0 atom stereocenters. The molecule has 1 saturated carbocycles. The Hall–Kier alpha value is -1.22. The van der Waals surface area contributed by atoms with Gasteiger partial charge < -0.3 is 16.0 Å². The summed E-state index contributed by atoms with van der Waals surface area (Å²) in [6, 6.07) is 7.99. The molecule has 1 aromatic rings. The number of benzene rings is 1. The third-order valence-electron chi connectivity index (χ3n) is 4.05. The molecule has 17 heavy (non-hydrogen) atoms. The lowest BCUT2D eigenvalue weighted by Gasteiger charge is -2.37. The monoisotopic (exact) mass is 233 g/mol. The third kappa shape index (κ3) is 2.55. The van der Waals surface area contributed by atoms with Crippen LogP contribution in [0.2, 0.25) is 0 Å². The second kappa shape index (κ2) is 4.96. The number of likely N-dealkylation sites (N-methyl/N-ethyl adjacent to an activating group) is 1. The van der Waals surface area contributed by atoms with Crippen molar-refractivity contribution in [2.24, 2.45) is 0 Å². The van der Waals surface area contributed by atoms with E-state index in [1.807, 2.05) is 24.3 Å².